The molecule has 0 aliphatic carbocycles. The SMILES string of the molecule is CCCCc1ccc(CCCCCCNCCOC)cc1. The van der Waals surface area contributed by atoms with Gasteiger partial charge < -0.3 is 10.1 Å². The zero-order chi connectivity index (χ0) is 15.2. The van der Waals surface area contributed by atoms with E-state index in [4.69, 9.17) is 4.74 Å². The van der Waals surface area contributed by atoms with Gasteiger partial charge in [0.1, 0.15) is 0 Å². The molecule has 1 aromatic rings. The topological polar surface area (TPSA) is 21.3 Å². The molecule has 0 spiro atoms. The number of aryl methyl sites for hydroxylation is 2. The molecule has 21 heavy (non-hydrogen) atoms. The molecule has 1 rings (SSSR count). The molecule has 0 fully saturated rings. The Morgan fingerprint density at radius 1 is 0.810 bits per heavy atom. The number of nitrogens with one attached hydrogen (secondary N) is 1. The summed E-state index contributed by atoms with van der Waals surface area (Å²) in [6.45, 7) is 5.16. The number of rotatable bonds is 13. The number of hydrogen-bond donors (Lipinski definition) is 1. The summed E-state index contributed by atoms with van der Waals surface area (Å²) in [5.74, 6) is 0. The van der Waals surface area contributed by atoms with Crippen LogP contribution in [-0.4, -0.2) is 26.8 Å². The van der Waals surface area contributed by atoms with Crippen molar-refractivity contribution in [2.45, 2.75) is 58.3 Å². The van der Waals surface area contributed by atoms with Gasteiger partial charge in [0.25, 0.3) is 0 Å². The highest BCUT2D eigenvalue weighted by atomic mass is 16.5. The van der Waals surface area contributed by atoms with E-state index >= 15 is 0 Å². The van der Waals surface area contributed by atoms with Crippen molar-refractivity contribution < 1.29 is 4.74 Å². The second kappa shape index (κ2) is 12.8. The second-order valence-electron chi connectivity index (χ2n) is 5.83. The van der Waals surface area contributed by atoms with Gasteiger partial charge in [-0.1, -0.05) is 50.5 Å². The Hall–Kier alpha value is -0.860. The van der Waals surface area contributed by atoms with Crippen molar-refractivity contribution in [1.82, 2.24) is 5.32 Å². The lowest BCUT2D eigenvalue weighted by Gasteiger charge is -2.05. The van der Waals surface area contributed by atoms with Crippen LogP contribution in [-0.2, 0) is 17.6 Å². The van der Waals surface area contributed by atoms with Crippen molar-refractivity contribution in [1.29, 1.82) is 0 Å². The monoisotopic (exact) mass is 291 g/mol. The minimum Gasteiger partial charge on any atom is -0.383 e. The molecule has 0 radical (unpaired) electrons. The summed E-state index contributed by atoms with van der Waals surface area (Å²) < 4.78 is 5.00. The molecule has 0 bridgehead atoms. The van der Waals surface area contributed by atoms with Crippen LogP contribution in [0.2, 0.25) is 0 Å². The Morgan fingerprint density at radius 3 is 2.05 bits per heavy atom. The van der Waals surface area contributed by atoms with Gasteiger partial charge in [-0.15, -0.1) is 0 Å². The van der Waals surface area contributed by atoms with Gasteiger partial charge in [0, 0.05) is 13.7 Å². The van der Waals surface area contributed by atoms with E-state index in [1.54, 1.807) is 7.11 Å². The fourth-order valence-corrected chi connectivity index (χ4v) is 2.49. The maximum Gasteiger partial charge on any atom is 0.0587 e. The number of methoxy groups -OCH3 is 1. The smallest absolute Gasteiger partial charge is 0.0587 e. The van der Waals surface area contributed by atoms with Gasteiger partial charge in [-0.05, 0) is 49.8 Å². The molecule has 2 nitrogen and oxygen atoms in total. The predicted molar refractivity (Wildman–Crippen MR) is 92.0 cm³/mol. The van der Waals surface area contributed by atoms with Gasteiger partial charge >= 0.3 is 0 Å². The molecule has 0 amide bonds. The van der Waals surface area contributed by atoms with Crippen molar-refractivity contribution in [3.05, 3.63) is 35.4 Å². The van der Waals surface area contributed by atoms with E-state index in [9.17, 15) is 0 Å². The Bertz CT molecular complexity index is 334. The van der Waals surface area contributed by atoms with Crippen LogP contribution >= 0.6 is 0 Å². The molecule has 120 valence electrons. The van der Waals surface area contributed by atoms with Crippen LogP contribution < -0.4 is 5.32 Å². The summed E-state index contributed by atoms with van der Waals surface area (Å²) in [5.41, 5.74) is 2.98. The fourth-order valence-electron chi connectivity index (χ4n) is 2.49. The van der Waals surface area contributed by atoms with Gasteiger partial charge in [0.05, 0.1) is 6.61 Å². The van der Waals surface area contributed by atoms with E-state index in [2.05, 4.69) is 36.5 Å². The Morgan fingerprint density at radius 2 is 1.43 bits per heavy atom. The third-order valence-corrected chi connectivity index (χ3v) is 3.89. The molecule has 1 N–H and O–H groups in total. The summed E-state index contributed by atoms with van der Waals surface area (Å²) in [6, 6.07) is 9.25. The zero-order valence-corrected chi connectivity index (χ0v) is 14.0. The van der Waals surface area contributed by atoms with Crippen molar-refractivity contribution in [2.75, 3.05) is 26.8 Å². The van der Waals surface area contributed by atoms with E-state index in [0.29, 0.717) is 0 Å². The van der Waals surface area contributed by atoms with Crippen LogP contribution in [0.5, 0.6) is 0 Å². The van der Waals surface area contributed by atoms with Crippen LogP contribution in [0.3, 0.4) is 0 Å². The molecular weight excluding hydrogens is 258 g/mol. The van der Waals surface area contributed by atoms with Gasteiger partial charge in [-0.25, -0.2) is 0 Å². The molecular formula is C19H33NO. The molecule has 0 aliphatic rings. The van der Waals surface area contributed by atoms with Crippen molar-refractivity contribution in [3.8, 4) is 0 Å². The molecule has 0 atom stereocenters. The quantitative estimate of drug-likeness (QED) is 0.545. The minimum atomic E-state index is 0.814. The Labute approximate surface area is 131 Å². The summed E-state index contributed by atoms with van der Waals surface area (Å²) in [4.78, 5) is 0. The average Bonchev–Trinajstić information content (AvgIpc) is 2.52. The summed E-state index contributed by atoms with van der Waals surface area (Å²) >= 11 is 0. The molecule has 0 unspecified atom stereocenters. The number of hydrogen-bond acceptors (Lipinski definition) is 2. The molecule has 0 saturated heterocycles. The maximum atomic E-state index is 5.00. The first-order valence-electron chi connectivity index (χ1n) is 8.64. The number of ether oxygens (including phenoxy) is 1. The van der Waals surface area contributed by atoms with Crippen LogP contribution in [0.25, 0.3) is 0 Å². The van der Waals surface area contributed by atoms with Crippen molar-refractivity contribution in [3.63, 3.8) is 0 Å². The number of unbranched alkanes of at least 4 members (excludes halogenated alkanes) is 4. The average molecular weight is 291 g/mol. The first-order chi connectivity index (χ1) is 10.4. The first-order valence-corrected chi connectivity index (χ1v) is 8.64. The third kappa shape index (κ3) is 9.65. The van der Waals surface area contributed by atoms with E-state index < -0.39 is 0 Å². The van der Waals surface area contributed by atoms with E-state index in [1.165, 1.54) is 62.5 Å². The normalized spacial score (nSPS) is 11.0. The largest absolute Gasteiger partial charge is 0.383 e. The highest BCUT2D eigenvalue weighted by Gasteiger charge is 1.96. The fraction of sp³-hybridized carbons (Fsp3) is 0.684. The molecule has 0 saturated carbocycles. The predicted octanol–water partition coefficient (Wildman–Crippen LogP) is 4.37. The molecule has 0 aliphatic heterocycles. The Kier molecular flexibility index (Phi) is 11.1. The summed E-state index contributed by atoms with van der Waals surface area (Å²) in [6.07, 6.45) is 10.3. The highest BCUT2D eigenvalue weighted by molar-refractivity contribution is 5.22. The van der Waals surface area contributed by atoms with Crippen LogP contribution in [0, 0.1) is 0 Å². The molecule has 0 heterocycles. The van der Waals surface area contributed by atoms with Crippen LogP contribution in [0.15, 0.2) is 24.3 Å². The second-order valence-corrected chi connectivity index (χ2v) is 5.83. The maximum absolute atomic E-state index is 5.00. The van der Waals surface area contributed by atoms with E-state index in [0.717, 1.165) is 19.7 Å². The highest BCUT2D eigenvalue weighted by Crippen LogP contribution is 2.11. The number of benzene rings is 1. The van der Waals surface area contributed by atoms with Gasteiger partial charge in [0.2, 0.25) is 0 Å². The lowest BCUT2D eigenvalue weighted by molar-refractivity contribution is 0.199. The van der Waals surface area contributed by atoms with E-state index in [-0.39, 0.29) is 0 Å². The first kappa shape index (κ1) is 18.2. The standard InChI is InChI=1S/C19H33NO/c1-3-4-9-18-11-13-19(14-12-18)10-7-5-6-8-15-20-16-17-21-2/h11-14,20H,3-10,15-17H2,1-2H3. The van der Waals surface area contributed by atoms with Crippen LogP contribution in [0.1, 0.15) is 56.6 Å². The van der Waals surface area contributed by atoms with Crippen molar-refractivity contribution in [2.24, 2.45) is 0 Å². The lowest BCUT2D eigenvalue weighted by Crippen LogP contribution is -2.20. The summed E-state index contributed by atoms with van der Waals surface area (Å²) in [5, 5.41) is 3.39. The zero-order valence-electron chi connectivity index (χ0n) is 14.0. The molecule has 2 heteroatoms. The third-order valence-electron chi connectivity index (χ3n) is 3.89. The lowest BCUT2D eigenvalue weighted by atomic mass is 10.0. The van der Waals surface area contributed by atoms with E-state index in [1.807, 2.05) is 0 Å². The van der Waals surface area contributed by atoms with Gasteiger partial charge in [0.15, 0.2) is 0 Å². The Balaban J connectivity index is 1.99. The molecule has 0 aromatic heterocycles. The van der Waals surface area contributed by atoms with Crippen LogP contribution in [0.4, 0.5) is 0 Å². The van der Waals surface area contributed by atoms with Crippen molar-refractivity contribution >= 4 is 0 Å². The summed E-state index contributed by atoms with van der Waals surface area (Å²) in [7, 11) is 1.75. The van der Waals surface area contributed by atoms with Gasteiger partial charge in [-0.3, -0.25) is 0 Å². The molecule has 1 aromatic carbocycles. The van der Waals surface area contributed by atoms with Gasteiger partial charge in [-0.2, -0.15) is 0 Å². The minimum absolute atomic E-state index is 0.814.